The van der Waals surface area contributed by atoms with Crippen LogP contribution in [0, 0.1) is 0 Å². The number of carbonyl (C=O) groups is 3. The van der Waals surface area contributed by atoms with Crippen LogP contribution in [-0.2, 0) is 14.3 Å². The highest BCUT2D eigenvalue weighted by Crippen LogP contribution is 2.22. The lowest BCUT2D eigenvalue weighted by atomic mass is 10.2. The molecule has 0 aliphatic rings. The number of anilines is 2. The van der Waals surface area contributed by atoms with E-state index in [9.17, 15) is 14.4 Å². The zero-order valence-electron chi connectivity index (χ0n) is 15.3. The van der Waals surface area contributed by atoms with Gasteiger partial charge < -0.3 is 15.4 Å². The van der Waals surface area contributed by atoms with Crippen molar-refractivity contribution in [1.82, 2.24) is 0 Å². The first-order valence-corrected chi connectivity index (χ1v) is 9.52. The lowest BCUT2D eigenvalue weighted by Gasteiger charge is -2.10. The normalized spacial score (nSPS) is 10.1. The minimum atomic E-state index is -0.501. The van der Waals surface area contributed by atoms with Crippen molar-refractivity contribution < 1.29 is 19.1 Å². The molecule has 0 aliphatic carbocycles. The molecule has 0 aromatic heterocycles. The Hall–Kier alpha value is -2.80. The van der Waals surface area contributed by atoms with Gasteiger partial charge in [-0.25, -0.2) is 4.79 Å². The number of hydrogen-bond donors (Lipinski definition) is 2. The van der Waals surface area contributed by atoms with E-state index in [0.717, 1.165) is 17.0 Å². The number of thioether (sulfide) groups is 1. The fourth-order valence-electron chi connectivity index (χ4n) is 2.30. The Balaban J connectivity index is 1.89. The van der Waals surface area contributed by atoms with E-state index >= 15 is 0 Å². The predicted molar refractivity (Wildman–Crippen MR) is 107 cm³/mol. The molecule has 0 radical (unpaired) electrons. The second-order valence-corrected chi connectivity index (χ2v) is 6.75. The highest BCUT2D eigenvalue weighted by atomic mass is 32.2. The number of esters is 1. The van der Waals surface area contributed by atoms with Crippen molar-refractivity contribution in [2.75, 3.05) is 23.5 Å². The molecule has 0 aliphatic heterocycles. The number of nitrogens with one attached hydrogen (secondary N) is 2. The van der Waals surface area contributed by atoms with Crippen molar-refractivity contribution in [2.45, 2.75) is 24.7 Å². The molecule has 2 N–H and O–H groups in total. The zero-order chi connectivity index (χ0) is 19.6. The molecule has 0 saturated heterocycles. The van der Waals surface area contributed by atoms with Crippen molar-refractivity contribution in [3.8, 4) is 0 Å². The smallest absolute Gasteiger partial charge is 0.339 e. The summed E-state index contributed by atoms with van der Waals surface area (Å²) in [5.41, 5.74) is 1.46. The van der Waals surface area contributed by atoms with Gasteiger partial charge >= 0.3 is 5.97 Å². The Morgan fingerprint density at radius 2 is 1.67 bits per heavy atom. The topological polar surface area (TPSA) is 84.5 Å². The SMILES string of the molecule is CCCC(=O)Nc1ccc(SCC(=O)Nc2ccccc2C(=O)OC)cc1. The summed E-state index contributed by atoms with van der Waals surface area (Å²) in [5, 5.41) is 5.55. The Morgan fingerprint density at radius 3 is 2.33 bits per heavy atom. The van der Waals surface area contributed by atoms with E-state index in [1.807, 2.05) is 19.1 Å². The molecule has 2 aromatic carbocycles. The maximum Gasteiger partial charge on any atom is 0.339 e. The van der Waals surface area contributed by atoms with Crippen LogP contribution >= 0.6 is 11.8 Å². The number of para-hydroxylation sites is 1. The van der Waals surface area contributed by atoms with Crippen LogP contribution in [-0.4, -0.2) is 30.6 Å². The van der Waals surface area contributed by atoms with Crippen molar-refractivity contribution in [1.29, 1.82) is 0 Å². The molecule has 0 unspecified atom stereocenters. The summed E-state index contributed by atoms with van der Waals surface area (Å²) >= 11 is 1.36. The van der Waals surface area contributed by atoms with E-state index in [2.05, 4.69) is 10.6 Å². The highest BCUT2D eigenvalue weighted by molar-refractivity contribution is 8.00. The maximum absolute atomic E-state index is 12.2. The summed E-state index contributed by atoms with van der Waals surface area (Å²) in [4.78, 5) is 36.4. The molecule has 27 heavy (non-hydrogen) atoms. The minimum absolute atomic E-state index is 0.0125. The van der Waals surface area contributed by atoms with Gasteiger partial charge in [-0.05, 0) is 42.8 Å². The molecule has 142 valence electrons. The molecule has 0 saturated carbocycles. The Morgan fingerprint density at radius 1 is 0.963 bits per heavy atom. The third-order valence-corrected chi connectivity index (χ3v) is 4.60. The average Bonchev–Trinajstić information content (AvgIpc) is 2.67. The van der Waals surface area contributed by atoms with Gasteiger partial charge in [-0.15, -0.1) is 11.8 Å². The van der Waals surface area contributed by atoms with E-state index in [0.29, 0.717) is 17.7 Å². The minimum Gasteiger partial charge on any atom is -0.465 e. The van der Waals surface area contributed by atoms with Crippen LogP contribution in [0.2, 0.25) is 0 Å². The molecular formula is C20H22N2O4S. The maximum atomic E-state index is 12.2. The monoisotopic (exact) mass is 386 g/mol. The zero-order valence-corrected chi connectivity index (χ0v) is 16.1. The summed E-state index contributed by atoms with van der Waals surface area (Å²) < 4.78 is 4.72. The van der Waals surface area contributed by atoms with Crippen molar-refractivity contribution in [3.05, 3.63) is 54.1 Å². The largest absolute Gasteiger partial charge is 0.465 e. The van der Waals surface area contributed by atoms with Gasteiger partial charge in [-0.1, -0.05) is 19.1 Å². The number of benzene rings is 2. The molecule has 6 nitrogen and oxygen atoms in total. The number of rotatable bonds is 8. The third-order valence-electron chi connectivity index (χ3n) is 3.59. The van der Waals surface area contributed by atoms with Crippen LogP contribution in [0.15, 0.2) is 53.4 Å². The molecule has 0 atom stereocenters. The van der Waals surface area contributed by atoms with Crippen LogP contribution in [0.1, 0.15) is 30.1 Å². The van der Waals surface area contributed by atoms with Crippen LogP contribution in [0.25, 0.3) is 0 Å². The predicted octanol–water partition coefficient (Wildman–Crippen LogP) is 3.94. The van der Waals surface area contributed by atoms with Gasteiger partial charge in [0.15, 0.2) is 0 Å². The standard InChI is InChI=1S/C20H22N2O4S/c1-3-6-18(23)21-14-9-11-15(12-10-14)27-13-19(24)22-17-8-5-4-7-16(17)20(25)26-2/h4-5,7-12H,3,6,13H2,1-2H3,(H,21,23)(H,22,24). The van der Waals surface area contributed by atoms with Gasteiger partial charge in [0.1, 0.15) is 0 Å². The number of amides is 2. The van der Waals surface area contributed by atoms with Crippen LogP contribution < -0.4 is 10.6 Å². The molecular weight excluding hydrogens is 364 g/mol. The second kappa shape index (κ2) is 10.4. The van der Waals surface area contributed by atoms with Gasteiger partial charge in [0.25, 0.3) is 0 Å². The summed E-state index contributed by atoms with van der Waals surface area (Å²) in [5.74, 6) is -0.547. The summed E-state index contributed by atoms with van der Waals surface area (Å²) in [6.45, 7) is 1.95. The average molecular weight is 386 g/mol. The first-order valence-electron chi connectivity index (χ1n) is 8.53. The third kappa shape index (κ3) is 6.45. The first-order chi connectivity index (χ1) is 13.0. The van der Waals surface area contributed by atoms with E-state index < -0.39 is 5.97 Å². The first kappa shape index (κ1) is 20.5. The van der Waals surface area contributed by atoms with E-state index in [-0.39, 0.29) is 17.6 Å². The summed E-state index contributed by atoms with van der Waals surface area (Å²) in [6, 6.07) is 14.0. The van der Waals surface area contributed by atoms with Gasteiger partial charge in [0.05, 0.1) is 24.1 Å². The van der Waals surface area contributed by atoms with Crippen molar-refractivity contribution in [3.63, 3.8) is 0 Å². The number of carbonyl (C=O) groups excluding carboxylic acids is 3. The number of methoxy groups -OCH3 is 1. The molecule has 0 heterocycles. The Bertz CT molecular complexity index is 806. The fraction of sp³-hybridized carbons (Fsp3) is 0.250. The summed E-state index contributed by atoms with van der Waals surface area (Å²) in [7, 11) is 1.30. The number of hydrogen-bond acceptors (Lipinski definition) is 5. The molecule has 0 spiro atoms. The van der Waals surface area contributed by atoms with Crippen LogP contribution in [0.3, 0.4) is 0 Å². The molecule has 2 rings (SSSR count). The van der Waals surface area contributed by atoms with Crippen LogP contribution in [0.4, 0.5) is 11.4 Å². The Kier molecular flexibility index (Phi) is 7.88. The van der Waals surface area contributed by atoms with Gasteiger partial charge in [-0.3, -0.25) is 9.59 Å². The van der Waals surface area contributed by atoms with Crippen molar-refractivity contribution >= 4 is 40.9 Å². The van der Waals surface area contributed by atoms with E-state index in [1.54, 1.807) is 36.4 Å². The molecule has 7 heteroatoms. The molecule has 2 aromatic rings. The molecule has 0 fully saturated rings. The molecule has 0 bridgehead atoms. The quantitative estimate of drug-likeness (QED) is 0.530. The lowest BCUT2D eigenvalue weighted by molar-refractivity contribution is -0.116. The summed E-state index contributed by atoms with van der Waals surface area (Å²) in [6.07, 6.45) is 1.29. The highest BCUT2D eigenvalue weighted by Gasteiger charge is 2.13. The van der Waals surface area contributed by atoms with Gasteiger partial charge in [-0.2, -0.15) is 0 Å². The molecule has 2 amide bonds. The second-order valence-electron chi connectivity index (χ2n) is 5.70. The fourth-order valence-corrected chi connectivity index (χ4v) is 3.00. The number of ether oxygens (including phenoxy) is 1. The van der Waals surface area contributed by atoms with E-state index in [1.165, 1.54) is 18.9 Å². The van der Waals surface area contributed by atoms with Gasteiger partial charge in [0.2, 0.25) is 11.8 Å². The van der Waals surface area contributed by atoms with Gasteiger partial charge in [0, 0.05) is 17.0 Å². The van der Waals surface area contributed by atoms with Crippen molar-refractivity contribution in [2.24, 2.45) is 0 Å². The van der Waals surface area contributed by atoms with Crippen LogP contribution in [0.5, 0.6) is 0 Å². The Labute approximate surface area is 162 Å². The van der Waals surface area contributed by atoms with E-state index in [4.69, 9.17) is 4.74 Å². The lowest BCUT2D eigenvalue weighted by Crippen LogP contribution is -2.17.